The van der Waals surface area contributed by atoms with Crippen LogP contribution in [0.25, 0.3) is 0 Å². The second kappa shape index (κ2) is 4.73. The normalized spacial score (nSPS) is 10.6. The molecule has 18 heavy (non-hydrogen) atoms. The number of nitrogens with one attached hydrogen (secondary N) is 1. The van der Waals surface area contributed by atoms with Gasteiger partial charge in [-0.1, -0.05) is 17.7 Å². The lowest BCUT2D eigenvalue weighted by Gasteiger charge is -2.07. The van der Waals surface area contributed by atoms with Crippen molar-refractivity contribution in [3.63, 3.8) is 0 Å². The third-order valence-electron chi connectivity index (χ3n) is 2.36. The molecular formula is C11H7ClF2N2O2. The number of H-pyrrole nitrogens is 1. The first-order chi connectivity index (χ1) is 8.49. The van der Waals surface area contributed by atoms with Gasteiger partial charge in [0.25, 0.3) is 5.56 Å². The van der Waals surface area contributed by atoms with Crippen LogP contribution >= 0.6 is 11.6 Å². The molecule has 2 aromatic rings. The summed E-state index contributed by atoms with van der Waals surface area (Å²) < 4.78 is 27.7. The van der Waals surface area contributed by atoms with E-state index >= 15 is 0 Å². The zero-order valence-electron chi connectivity index (χ0n) is 8.91. The van der Waals surface area contributed by atoms with Crippen LogP contribution in [0.1, 0.15) is 5.56 Å². The molecule has 0 bridgehead atoms. The molecule has 7 heteroatoms. The summed E-state index contributed by atoms with van der Waals surface area (Å²) in [6.07, 6.45) is 1.04. The van der Waals surface area contributed by atoms with Crippen molar-refractivity contribution in [1.29, 1.82) is 0 Å². The maximum absolute atomic E-state index is 13.4. The van der Waals surface area contributed by atoms with E-state index in [0.717, 1.165) is 22.9 Å². The molecular weight excluding hydrogens is 266 g/mol. The fraction of sp³-hybridized carbons (Fsp3) is 0.0909. The van der Waals surface area contributed by atoms with Crippen molar-refractivity contribution in [2.45, 2.75) is 6.54 Å². The summed E-state index contributed by atoms with van der Waals surface area (Å²) in [7, 11) is 0. The largest absolute Gasteiger partial charge is 0.328 e. The highest BCUT2D eigenvalue weighted by Crippen LogP contribution is 2.13. The number of halogens is 3. The molecule has 1 aromatic heterocycles. The summed E-state index contributed by atoms with van der Waals surface area (Å²) in [4.78, 5) is 24.4. The highest BCUT2D eigenvalue weighted by Gasteiger charge is 2.11. The first kappa shape index (κ1) is 12.5. The maximum atomic E-state index is 13.4. The summed E-state index contributed by atoms with van der Waals surface area (Å²) in [6.45, 7) is -0.353. The smallest absolute Gasteiger partial charge is 0.294 e. The van der Waals surface area contributed by atoms with Crippen LogP contribution < -0.4 is 11.2 Å². The van der Waals surface area contributed by atoms with Crippen molar-refractivity contribution < 1.29 is 8.78 Å². The van der Waals surface area contributed by atoms with Crippen molar-refractivity contribution in [2.24, 2.45) is 0 Å². The van der Waals surface area contributed by atoms with E-state index in [1.165, 1.54) is 6.07 Å². The van der Waals surface area contributed by atoms with Gasteiger partial charge in [-0.25, -0.2) is 13.6 Å². The van der Waals surface area contributed by atoms with Gasteiger partial charge < -0.3 is 0 Å². The zero-order chi connectivity index (χ0) is 13.3. The fourth-order valence-corrected chi connectivity index (χ4v) is 1.62. The molecule has 0 aliphatic heterocycles. The van der Waals surface area contributed by atoms with Crippen molar-refractivity contribution in [1.82, 2.24) is 9.55 Å². The van der Waals surface area contributed by atoms with Crippen molar-refractivity contribution >= 4 is 11.6 Å². The topological polar surface area (TPSA) is 54.9 Å². The van der Waals surface area contributed by atoms with E-state index in [-0.39, 0.29) is 17.1 Å². The average molecular weight is 273 g/mol. The third-order valence-corrected chi connectivity index (χ3v) is 2.63. The standard InChI is InChI=1S/C11H7ClF2N2O2/c12-7-5-16(11(18)15-10(7)17)4-6-8(13)2-1-3-9(6)14/h1-3,5H,4H2,(H,15,17,18). The van der Waals surface area contributed by atoms with Crippen LogP contribution in [0.15, 0.2) is 34.0 Å². The molecule has 0 saturated heterocycles. The molecule has 0 radical (unpaired) electrons. The highest BCUT2D eigenvalue weighted by atomic mass is 35.5. The Morgan fingerprint density at radius 2 is 1.83 bits per heavy atom. The van der Waals surface area contributed by atoms with Gasteiger partial charge in [0, 0.05) is 11.8 Å². The van der Waals surface area contributed by atoms with E-state index in [4.69, 9.17) is 11.6 Å². The molecule has 4 nitrogen and oxygen atoms in total. The van der Waals surface area contributed by atoms with Gasteiger partial charge in [-0.3, -0.25) is 14.3 Å². The zero-order valence-corrected chi connectivity index (χ0v) is 9.67. The summed E-state index contributed by atoms with van der Waals surface area (Å²) in [6, 6.07) is 3.38. The van der Waals surface area contributed by atoms with Crippen LogP contribution in [-0.4, -0.2) is 9.55 Å². The molecule has 0 saturated carbocycles. The molecule has 2 rings (SSSR count). The number of nitrogens with zero attached hydrogens (tertiary/aromatic N) is 1. The molecule has 0 aliphatic carbocycles. The van der Waals surface area contributed by atoms with Crippen LogP contribution in [0.2, 0.25) is 5.02 Å². The van der Waals surface area contributed by atoms with Crippen LogP contribution in [-0.2, 0) is 6.54 Å². The minimum atomic E-state index is -0.785. The van der Waals surface area contributed by atoms with Gasteiger partial charge in [-0.2, -0.15) is 0 Å². The van der Waals surface area contributed by atoms with Crippen molar-refractivity contribution in [2.75, 3.05) is 0 Å². The Labute approximate surface area is 104 Å². The summed E-state index contributed by atoms with van der Waals surface area (Å²) in [5.41, 5.74) is -1.80. The maximum Gasteiger partial charge on any atom is 0.328 e. The average Bonchev–Trinajstić information content (AvgIpc) is 2.30. The Kier molecular flexibility index (Phi) is 3.29. The Bertz CT molecular complexity index is 689. The second-order valence-electron chi connectivity index (χ2n) is 3.56. The summed E-state index contributed by atoms with van der Waals surface area (Å²) in [5.74, 6) is -1.55. The quantitative estimate of drug-likeness (QED) is 0.901. The summed E-state index contributed by atoms with van der Waals surface area (Å²) >= 11 is 5.54. The van der Waals surface area contributed by atoms with E-state index < -0.39 is 22.9 Å². The number of aromatic nitrogens is 2. The second-order valence-corrected chi connectivity index (χ2v) is 3.97. The first-order valence-corrected chi connectivity index (χ1v) is 5.29. The Hall–Kier alpha value is -1.95. The lowest BCUT2D eigenvalue weighted by molar-refractivity contribution is 0.539. The molecule has 1 aromatic carbocycles. The first-order valence-electron chi connectivity index (χ1n) is 4.91. The molecule has 1 heterocycles. The van der Waals surface area contributed by atoms with Crippen molar-refractivity contribution in [3.05, 3.63) is 67.5 Å². The highest BCUT2D eigenvalue weighted by molar-refractivity contribution is 6.30. The predicted octanol–water partition coefficient (Wildman–Crippen LogP) is 1.52. The minimum absolute atomic E-state index is 0.230. The third kappa shape index (κ3) is 2.33. The Morgan fingerprint density at radius 3 is 2.44 bits per heavy atom. The molecule has 1 N–H and O–H groups in total. The monoisotopic (exact) mass is 272 g/mol. The van der Waals surface area contributed by atoms with Gasteiger partial charge in [-0.15, -0.1) is 0 Å². The molecule has 94 valence electrons. The van der Waals surface area contributed by atoms with E-state index in [1.807, 2.05) is 4.98 Å². The number of rotatable bonds is 2. The van der Waals surface area contributed by atoms with E-state index in [0.29, 0.717) is 0 Å². The molecule has 0 atom stereocenters. The molecule has 0 spiro atoms. The summed E-state index contributed by atoms with van der Waals surface area (Å²) in [5, 5.41) is -0.230. The number of benzene rings is 1. The van der Waals surface area contributed by atoms with Gasteiger partial charge in [0.15, 0.2) is 0 Å². The van der Waals surface area contributed by atoms with Gasteiger partial charge in [0.05, 0.1) is 6.54 Å². The lowest BCUT2D eigenvalue weighted by atomic mass is 10.2. The fourth-order valence-electron chi connectivity index (χ4n) is 1.45. The minimum Gasteiger partial charge on any atom is -0.294 e. The SMILES string of the molecule is O=c1[nH]c(=O)n(Cc2c(F)cccc2F)cc1Cl. The Balaban J connectivity index is 2.50. The number of hydrogen-bond acceptors (Lipinski definition) is 2. The van der Waals surface area contributed by atoms with Crippen LogP contribution in [0, 0.1) is 11.6 Å². The van der Waals surface area contributed by atoms with Gasteiger partial charge in [-0.05, 0) is 12.1 Å². The van der Waals surface area contributed by atoms with Gasteiger partial charge in [0.1, 0.15) is 16.7 Å². The van der Waals surface area contributed by atoms with Crippen LogP contribution in [0.4, 0.5) is 8.78 Å². The van der Waals surface area contributed by atoms with Crippen LogP contribution in [0.5, 0.6) is 0 Å². The number of hydrogen-bond donors (Lipinski definition) is 1. The van der Waals surface area contributed by atoms with E-state index in [1.54, 1.807) is 0 Å². The number of aromatic amines is 1. The molecule has 0 unspecified atom stereocenters. The Morgan fingerprint density at radius 1 is 1.22 bits per heavy atom. The predicted molar refractivity (Wildman–Crippen MR) is 61.8 cm³/mol. The van der Waals surface area contributed by atoms with Gasteiger partial charge >= 0.3 is 5.69 Å². The molecule has 0 fully saturated rings. The van der Waals surface area contributed by atoms with Crippen molar-refractivity contribution in [3.8, 4) is 0 Å². The molecule has 0 amide bonds. The van der Waals surface area contributed by atoms with E-state index in [9.17, 15) is 18.4 Å². The van der Waals surface area contributed by atoms with E-state index in [2.05, 4.69) is 0 Å². The molecule has 0 aliphatic rings. The lowest BCUT2D eigenvalue weighted by Crippen LogP contribution is -2.30. The van der Waals surface area contributed by atoms with Crippen LogP contribution in [0.3, 0.4) is 0 Å². The van der Waals surface area contributed by atoms with Gasteiger partial charge in [0.2, 0.25) is 0 Å².